The minimum atomic E-state index is -5.70. The third-order valence-electron chi connectivity index (χ3n) is 2.03. The van der Waals surface area contributed by atoms with E-state index in [-0.39, 0.29) is 18.2 Å². The van der Waals surface area contributed by atoms with Crippen LogP contribution < -0.4 is 0 Å². The second-order valence-electron chi connectivity index (χ2n) is 3.30. The van der Waals surface area contributed by atoms with Gasteiger partial charge in [0.2, 0.25) is 5.82 Å². The molecule has 1 heterocycles. The molecule has 0 atom stereocenters. The van der Waals surface area contributed by atoms with Crippen molar-refractivity contribution in [3.05, 3.63) is 11.6 Å². The van der Waals surface area contributed by atoms with Crippen LogP contribution in [0.25, 0.3) is 0 Å². The van der Waals surface area contributed by atoms with Crippen molar-refractivity contribution in [3.63, 3.8) is 0 Å². The van der Waals surface area contributed by atoms with Crippen molar-refractivity contribution in [2.45, 2.75) is 37.9 Å². The lowest BCUT2D eigenvalue weighted by atomic mass is 10.3. The van der Waals surface area contributed by atoms with Crippen LogP contribution in [0.1, 0.15) is 25.0 Å². The Morgan fingerprint density at radius 2 is 1.76 bits per heavy atom. The SMILES string of the molecule is CCCn1c(CCl)nnc1C(F)(F)C(F)(F)F. The minimum absolute atomic E-state index is 0.0456. The van der Waals surface area contributed by atoms with Crippen molar-refractivity contribution in [3.8, 4) is 0 Å². The Bertz CT molecular complexity index is 387. The van der Waals surface area contributed by atoms with Crippen molar-refractivity contribution in [1.82, 2.24) is 14.8 Å². The zero-order valence-electron chi connectivity index (χ0n) is 8.73. The monoisotopic (exact) mass is 277 g/mol. The zero-order chi connectivity index (χ0) is 13.3. The Labute approximate surface area is 98.6 Å². The summed E-state index contributed by atoms with van der Waals surface area (Å²) in [6, 6.07) is 0. The van der Waals surface area contributed by atoms with Gasteiger partial charge in [0.1, 0.15) is 5.82 Å². The number of halogens is 6. The molecule has 0 unspecified atom stereocenters. The van der Waals surface area contributed by atoms with E-state index in [0.29, 0.717) is 11.0 Å². The van der Waals surface area contributed by atoms with Gasteiger partial charge in [0.15, 0.2) is 0 Å². The van der Waals surface area contributed by atoms with Crippen molar-refractivity contribution in [2.24, 2.45) is 0 Å². The molecule has 0 amide bonds. The highest BCUT2D eigenvalue weighted by Gasteiger charge is 2.62. The van der Waals surface area contributed by atoms with E-state index in [1.807, 2.05) is 0 Å². The van der Waals surface area contributed by atoms with Gasteiger partial charge in [0.05, 0.1) is 5.88 Å². The number of nitrogens with zero attached hydrogens (tertiary/aromatic N) is 3. The first-order valence-electron chi connectivity index (χ1n) is 4.68. The van der Waals surface area contributed by atoms with Crippen LogP contribution in [-0.4, -0.2) is 20.9 Å². The fraction of sp³-hybridized carbons (Fsp3) is 0.750. The molecule has 0 aliphatic heterocycles. The van der Waals surface area contributed by atoms with E-state index >= 15 is 0 Å². The molecule has 0 N–H and O–H groups in total. The van der Waals surface area contributed by atoms with Crippen LogP contribution in [0, 0.1) is 0 Å². The average molecular weight is 278 g/mol. The van der Waals surface area contributed by atoms with Crippen molar-refractivity contribution in [1.29, 1.82) is 0 Å². The van der Waals surface area contributed by atoms with Crippen molar-refractivity contribution < 1.29 is 22.0 Å². The topological polar surface area (TPSA) is 30.7 Å². The van der Waals surface area contributed by atoms with Gasteiger partial charge < -0.3 is 4.57 Å². The summed E-state index contributed by atoms with van der Waals surface area (Å²) in [5.74, 6) is -6.82. The molecule has 0 aliphatic rings. The van der Waals surface area contributed by atoms with Gasteiger partial charge in [-0.25, -0.2) is 0 Å². The lowest BCUT2D eigenvalue weighted by Crippen LogP contribution is -2.36. The van der Waals surface area contributed by atoms with Crippen LogP contribution in [0.5, 0.6) is 0 Å². The van der Waals surface area contributed by atoms with Gasteiger partial charge >= 0.3 is 12.1 Å². The van der Waals surface area contributed by atoms with E-state index in [9.17, 15) is 22.0 Å². The molecule has 1 aromatic heterocycles. The highest BCUT2D eigenvalue weighted by molar-refractivity contribution is 6.16. The molecule has 0 fully saturated rings. The van der Waals surface area contributed by atoms with Crippen LogP contribution in [0.2, 0.25) is 0 Å². The molecule has 0 saturated carbocycles. The van der Waals surface area contributed by atoms with Crippen molar-refractivity contribution in [2.75, 3.05) is 0 Å². The van der Waals surface area contributed by atoms with Gasteiger partial charge in [-0.1, -0.05) is 6.92 Å². The predicted molar refractivity (Wildman–Crippen MR) is 49.8 cm³/mol. The summed E-state index contributed by atoms with van der Waals surface area (Å²) in [5.41, 5.74) is 0. The molecule has 17 heavy (non-hydrogen) atoms. The molecule has 9 heteroatoms. The number of rotatable bonds is 4. The van der Waals surface area contributed by atoms with Gasteiger partial charge in [-0.2, -0.15) is 22.0 Å². The average Bonchev–Trinajstić information content (AvgIpc) is 2.60. The first-order valence-corrected chi connectivity index (χ1v) is 5.22. The highest BCUT2D eigenvalue weighted by Crippen LogP contribution is 2.43. The summed E-state index contributed by atoms with van der Waals surface area (Å²) in [7, 11) is 0. The molecule has 0 aliphatic carbocycles. The highest BCUT2D eigenvalue weighted by atomic mass is 35.5. The van der Waals surface area contributed by atoms with Gasteiger partial charge in [0.25, 0.3) is 0 Å². The normalized spacial score (nSPS) is 13.1. The van der Waals surface area contributed by atoms with Crippen LogP contribution in [0.3, 0.4) is 0 Å². The Morgan fingerprint density at radius 1 is 1.18 bits per heavy atom. The molecule has 1 rings (SSSR count). The summed E-state index contributed by atoms with van der Waals surface area (Å²) in [4.78, 5) is 0. The molecule has 0 spiro atoms. The number of hydrogen-bond donors (Lipinski definition) is 0. The first kappa shape index (κ1) is 14.1. The Morgan fingerprint density at radius 3 is 2.18 bits per heavy atom. The molecule has 1 aromatic rings. The Balaban J connectivity index is 3.26. The summed E-state index contributed by atoms with van der Waals surface area (Å²) in [6.45, 7) is 1.59. The third kappa shape index (κ3) is 2.51. The largest absolute Gasteiger partial charge is 0.461 e. The van der Waals surface area contributed by atoms with Crippen LogP contribution in [0.4, 0.5) is 22.0 Å². The zero-order valence-corrected chi connectivity index (χ0v) is 9.49. The second kappa shape index (κ2) is 4.75. The standard InChI is InChI=1S/C8H9ClF5N3/c1-2-3-17-5(4-9)15-16-6(17)7(10,11)8(12,13)14/h2-4H2,1H3. The van der Waals surface area contributed by atoms with E-state index in [4.69, 9.17) is 11.6 Å². The Kier molecular flexibility index (Phi) is 3.95. The molecule has 0 saturated heterocycles. The molecule has 0 bridgehead atoms. The van der Waals surface area contributed by atoms with E-state index in [0.717, 1.165) is 0 Å². The molecule has 98 valence electrons. The summed E-state index contributed by atoms with van der Waals surface area (Å²) in [6.07, 6.45) is -5.34. The summed E-state index contributed by atoms with van der Waals surface area (Å²) in [5, 5.41) is 6.14. The van der Waals surface area contributed by atoms with Gasteiger partial charge in [-0.05, 0) is 6.42 Å². The van der Waals surface area contributed by atoms with Gasteiger partial charge in [-0.15, -0.1) is 21.8 Å². The van der Waals surface area contributed by atoms with E-state index in [2.05, 4.69) is 10.2 Å². The molecular formula is C8H9ClF5N3. The fourth-order valence-corrected chi connectivity index (χ4v) is 1.45. The van der Waals surface area contributed by atoms with Gasteiger partial charge in [-0.3, -0.25) is 0 Å². The maximum absolute atomic E-state index is 13.1. The quantitative estimate of drug-likeness (QED) is 0.625. The van der Waals surface area contributed by atoms with Gasteiger partial charge in [0, 0.05) is 6.54 Å². The van der Waals surface area contributed by atoms with Crippen LogP contribution in [-0.2, 0) is 18.3 Å². The molecule has 3 nitrogen and oxygen atoms in total. The van der Waals surface area contributed by atoms with Crippen molar-refractivity contribution >= 4 is 11.6 Å². The lowest BCUT2D eigenvalue weighted by Gasteiger charge is -2.19. The molecule has 0 radical (unpaired) electrons. The summed E-state index contributed by atoms with van der Waals surface area (Å²) >= 11 is 5.40. The maximum atomic E-state index is 13.1. The number of aromatic nitrogens is 3. The lowest BCUT2D eigenvalue weighted by molar-refractivity contribution is -0.293. The smallest absolute Gasteiger partial charge is 0.309 e. The summed E-state index contributed by atoms with van der Waals surface area (Å²) < 4.78 is 63.5. The van der Waals surface area contributed by atoms with E-state index < -0.39 is 17.9 Å². The third-order valence-corrected chi connectivity index (χ3v) is 2.27. The fourth-order valence-electron chi connectivity index (χ4n) is 1.25. The second-order valence-corrected chi connectivity index (χ2v) is 3.56. The van der Waals surface area contributed by atoms with E-state index in [1.54, 1.807) is 6.92 Å². The number of hydrogen-bond acceptors (Lipinski definition) is 2. The molecular weight excluding hydrogens is 269 g/mol. The Hall–Kier alpha value is -0.920. The minimum Gasteiger partial charge on any atom is -0.309 e. The van der Waals surface area contributed by atoms with E-state index in [1.165, 1.54) is 0 Å². The predicted octanol–water partition coefficient (Wildman–Crippen LogP) is 3.08. The molecule has 0 aromatic carbocycles. The van der Waals surface area contributed by atoms with Crippen LogP contribution >= 0.6 is 11.6 Å². The maximum Gasteiger partial charge on any atom is 0.461 e. The first-order chi connectivity index (χ1) is 7.75. The number of alkyl halides is 6. The van der Waals surface area contributed by atoms with Crippen LogP contribution in [0.15, 0.2) is 0 Å².